The predicted octanol–water partition coefficient (Wildman–Crippen LogP) is 1.62. The van der Waals surface area contributed by atoms with Gasteiger partial charge in [-0.05, 0) is 12.8 Å². The summed E-state index contributed by atoms with van der Waals surface area (Å²) in [6.07, 6.45) is 0. The van der Waals surface area contributed by atoms with E-state index >= 15 is 0 Å². The van der Waals surface area contributed by atoms with Crippen LogP contribution in [-0.2, 0) is 11.9 Å². The highest BCUT2D eigenvalue weighted by molar-refractivity contribution is 6.01. The fraction of sp³-hybridized carbons (Fsp3) is 0.600. The molecule has 0 spiro atoms. The number of hydrogen-bond donors (Lipinski definition) is 1. The van der Waals surface area contributed by atoms with Crippen molar-refractivity contribution < 1.29 is 9.94 Å². The van der Waals surface area contributed by atoms with Crippen LogP contribution < -0.4 is 0 Å². The zero-order chi connectivity index (χ0) is 11.6. The summed E-state index contributed by atoms with van der Waals surface area (Å²) < 4.78 is 1.44. The van der Waals surface area contributed by atoms with Gasteiger partial charge in [-0.3, -0.25) is 0 Å². The summed E-state index contributed by atoms with van der Waals surface area (Å²) >= 11 is 0. The van der Waals surface area contributed by atoms with Crippen LogP contribution in [0.1, 0.15) is 37.9 Å². The molecule has 1 N–H and O–H groups in total. The summed E-state index contributed by atoms with van der Waals surface area (Å²) in [5.74, 6) is 0.353. The third-order valence-corrected chi connectivity index (χ3v) is 2.18. The van der Waals surface area contributed by atoms with E-state index in [1.807, 2.05) is 13.8 Å². The molecule has 0 aliphatic carbocycles. The summed E-state index contributed by atoms with van der Waals surface area (Å²) in [7, 11) is 3.18. The third kappa shape index (κ3) is 2.11. The van der Waals surface area contributed by atoms with Crippen LogP contribution in [0, 0.1) is 0 Å². The first-order valence-corrected chi connectivity index (χ1v) is 4.83. The number of nitrogens with zero attached hydrogens (tertiary/aromatic N) is 3. The maximum Gasteiger partial charge on any atom is 0.218 e. The van der Waals surface area contributed by atoms with Gasteiger partial charge in [-0.15, -0.1) is 0 Å². The van der Waals surface area contributed by atoms with Gasteiger partial charge < -0.3 is 9.94 Å². The van der Waals surface area contributed by atoms with E-state index in [1.54, 1.807) is 14.0 Å². The van der Waals surface area contributed by atoms with Gasteiger partial charge in [-0.1, -0.05) is 19.0 Å². The minimum absolute atomic E-state index is 0.122. The lowest BCUT2D eigenvalue weighted by atomic mass is 10.0. The summed E-state index contributed by atoms with van der Waals surface area (Å²) in [6.45, 7) is 5.82. The lowest BCUT2D eigenvalue weighted by molar-refractivity contribution is 0.213. The van der Waals surface area contributed by atoms with Crippen LogP contribution in [0.15, 0.2) is 5.16 Å². The van der Waals surface area contributed by atoms with Gasteiger partial charge in [0.15, 0.2) is 0 Å². The first-order chi connectivity index (χ1) is 6.99. The Hall–Kier alpha value is -1.52. The molecule has 0 aromatic carbocycles. The third-order valence-electron chi connectivity index (χ3n) is 2.18. The lowest BCUT2D eigenvalue weighted by Crippen LogP contribution is -2.01. The second-order valence-corrected chi connectivity index (χ2v) is 3.72. The Kier molecular flexibility index (Phi) is 3.34. The molecule has 0 saturated carbocycles. The zero-order valence-corrected chi connectivity index (χ0v) is 9.77. The van der Waals surface area contributed by atoms with E-state index in [0.29, 0.717) is 11.3 Å². The SMILES string of the molecule is CON=C(C)c1c(C(C)C)nn(C)c1O. The quantitative estimate of drug-likeness (QED) is 0.610. The van der Waals surface area contributed by atoms with Crippen molar-refractivity contribution in [2.45, 2.75) is 26.7 Å². The highest BCUT2D eigenvalue weighted by atomic mass is 16.6. The van der Waals surface area contributed by atoms with Gasteiger partial charge in [0.2, 0.25) is 5.88 Å². The molecule has 5 nitrogen and oxygen atoms in total. The van der Waals surface area contributed by atoms with Crippen LogP contribution >= 0.6 is 0 Å². The molecule has 15 heavy (non-hydrogen) atoms. The molecule has 1 rings (SSSR count). The fourth-order valence-corrected chi connectivity index (χ4v) is 1.47. The minimum Gasteiger partial charge on any atom is -0.493 e. The molecule has 0 radical (unpaired) electrons. The van der Waals surface area contributed by atoms with Gasteiger partial charge in [0.1, 0.15) is 7.11 Å². The van der Waals surface area contributed by atoms with Crippen LogP contribution in [0.4, 0.5) is 0 Å². The highest BCUT2D eigenvalue weighted by Gasteiger charge is 2.20. The van der Waals surface area contributed by atoms with E-state index in [9.17, 15) is 5.11 Å². The number of aromatic hydroxyl groups is 1. The Labute approximate surface area is 89.4 Å². The Bertz CT molecular complexity index is 380. The molecule has 1 aromatic heterocycles. The molecule has 0 atom stereocenters. The van der Waals surface area contributed by atoms with Crippen LogP contribution in [0.25, 0.3) is 0 Å². The molecule has 0 fully saturated rings. The van der Waals surface area contributed by atoms with Crippen molar-refractivity contribution in [3.8, 4) is 5.88 Å². The number of rotatable bonds is 3. The average Bonchev–Trinajstić information content (AvgIpc) is 2.44. The van der Waals surface area contributed by atoms with E-state index in [-0.39, 0.29) is 11.8 Å². The van der Waals surface area contributed by atoms with Crippen LogP contribution in [0.2, 0.25) is 0 Å². The fourth-order valence-electron chi connectivity index (χ4n) is 1.47. The normalized spacial score (nSPS) is 12.3. The Morgan fingerprint density at radius 2 is 2.13 bits per heavy atom. The summed E-state index contributed by atoms with van der Waals surface area (Å²) in [6, 6.07) is 0. The average molecular weight is 211 g/mol. The van der Waals surface area contributed by atoms with Crippen LogP contribution in [0.5, 0.6) is 5.88 Å². The van der Waals surface area contributed by atoms with E-state index in [0.717, 1.165) is 5.69 Å². The minimum atomic E-state index is 0.122. The first-order valence-electron chi connectivity index (χ1n) is 4.83. The van der Waals surface area contributed by atoms with Gasteiger partial charge >= 0.3 is 0 Å². The number of hydrogen-bond acceptors (Lipinski definition) is 4. The monoisotopic (exact) mass is 211 g/mol. The van der Waals surface area contributed by atoms with Crippen molar-refractivity contribution in [1.29, 1.82) is 0 Å². The van der Waals surface area contributed by atoms with E-state index in [4.69, 9.17) is 4.84 Å². The maximum absolute atomic E-state index is 9.83. The zero-order valence-electron chi connectivity index (χ0n) is 9.77. The van der Waals surface area contributed by atoms with Crippen molar-refractivity contribution in [3.05, 3.63) is 11.3 Å². The van der Waals surface area contributed by atoms with Crippen molar-refractivity contribution in [2.24, 2.45) is 12.2 Å². The number of aryl methyl sites for hydroxylation is 1. The smallest absolute Gasteiger partial charge is 0.218 e. The summed E-state index contributed by atoms with van der Waals surface area (Å²) in [5, 5.41) is 17.9. The number of aromatic nitrogens is 2. The van der Waals surface area contributed by atoms with Crippen LogP contribution in [-0.4, -0.2) is 27.7 Å². The van der Waals surface area contributed by atoms with Gasteiger partial charge in [0.05, 0.1) is 17.0 Å². The number of oxime groups is 1. The molecular formula is C10H17N3O2. The molecule has 0 amide bonds. The first kappa shape index (κ1) is 11.6. The molecule has 0 bridgehead atoms. The van der Waals surface area contributed by atoms with Crippen molar-refractivity contribution >= 4 is 5.71 Å². The Balaban J connectivity index is 3.31. The largest absolute Gasteiger partial charge is 0.493 e. The molecule has 1 heterocycles. The van der Waals surface area contributed by atoms with Crippen LogP contribution in [0.3, 0.4) is 0 Å². The highest BCUT2D eigenvalue weighted by Crippen LogP contribution is 2.26. The molecule has 0 aliphatic heterocycles. The molecule has 0 aliphatic rings. The summed E-state index contributed by atoms with van der Waals surface area (Å²) in [5.41, 5.74) is 2.12. The van der Waals surface area contributed by atoms with Gasteiger partial charge in [-0.2, -0.15) is 5.10 Å². The van der Waals surface area contributed by atoms with E-state index < -0.39 is 0 Å². The maximum atomic E-state index is 9.83. The molecule has 84 valence electrons. The molecule has 0 unspecified atom stereocenters. The Morgan fingerprint density at radius 3 is 2.60 bits per heavy atom. The molecule has 0 saturated heterocycles. The molecular weight excluding hydrogens is 194 g/mol. The second kappa shape index (κ2) is 4.33. The molecule has 5 heteroatoms. The van der Waals surface area contributed by atoms with E-state index in [2.05, 4.69) is 10.3 Å². The lowest BCUT2D eigenvalue weighted by Gasteiger charge is -2.04. The van der Waals surface area contributed by atoms with Crippen molar-refractivity contribution in [2.75, 3.05) is 7.11 Å². The summed E-state index contributed by atoms with van der Waals surface area (Å²) in [4.78, 5) is 4.70. The molecule has 1 aromatic rings. The van der Waals surface area contributed by atoms with Gasteiger partial charge in [-0.25, -0.2) is 4.68 Å². The van der Waals surface area contributed by atoms with Gasteiger partial charge in [0.25, 0.3) is 0 Å². The van der Waals surface area contributed by atoms with Crippen molar-refractivity contribution in [3.63, 3.8) is 0 Å². The standard InChI is InChI=1S/C10H17N3O2/c1-6(2)9-8(7(3)12-15-5)10(14)13(4)11-9/h6,14H,1-5H3. The Morgan fingerprint density at radius 1 is 1.53 bits per heavy atom. The second-order valence-electron chi connectivity index (χ2n) is 3.72. The van der Waals surface area contributed by atoms with E-state index in [1.165, 1.54) is 11.8 Å². The topological polar surface area (TPSA) is 59.6 Å². The van der Waals surface area contributed by atoms with Crippen molar-refractivity contribution in [1.82, 2.24) is 9.78 Å². The van der Waals surface area contributed by atoms with Gasteiger partial charge in [0, 0.05) is 7.05 Å². The predicted molar refractivity (Wildman–Crippen MR) is 58.2 cm³/mol.